The Morgan fingerprint density at radius 1 is 1.62 bits per heavy atom. The summed E-state index contributed by atoms with van der Waals surface area (Å²) in [4.78, 5) is 14.9. The summed E-state index contributed by atoms with van der Waals surface area (Å²) in [6.45, 7) is 0. The van der Waals surface area contributed by atoms with Gasteiger partial charge >= 0.3 is 0 Å². The summed E-state index contributed by atoms with van der Waals surface area (Å²) in [5, 5.41) is 4.68. The Hall–Kier alpha value is -1.91. The van der Waals surface area contributed by atoms with Gasteiger partial charge in [-0.05, 0) is 6.07 Å². The summed E-state index contributed by atoms with van der Waals surface area (Å²) in [6, 6.07) is 1.79. The van der Waals surface area contributed by atoms with Crippen LogP contribution in [-0.2, 0) is 7.05 Å². The van der Waals surface area contributed by atoms with Gasteiger partial charge in [-0.25, -0.2) is 0 Å². The number of carbonyl (C=O) groups is 1. The molecule has 0 unspecified atom stereocenters. The van der Waals surface area contributed by atoms with Crippen LogP contribution in [0.1, 0.15) is 10.5 Å². The fourth-order valence-corrected chi connectivity index (χ4v) is 1.29. The summed E-state index contributed by atoms with van der Waals surface area (Å²) >= 11 is 0. The lowest BCUT2D eigenvalue weighted by molar-refractivity contribution is 0.0996. The molecule has 2 N–H and O–H groups in total. The van der Waals surface area contributed by atoms with Gasteiger partial charge in [-0.3, -0.25) is 14.5 Å². The van der Waals surface area contributed by atoms with E-state index in [1.54, 1.807) is 30.2 Å². The molecule has 1 amide bonds. The van der Waals surface area contributed by atoms with E-state index >= 15 is 0 Å². The predicted molar refractivity (Wildman–Crippen MR) is 47.0 cm³/mol. The number of carbonyl (C=O) groups excluding carboxylic acids is 1. The highest BCUT2D eigenvalue weighted by atomic mass is 16.1. The van der Waals surface area contributed by atoms with E-state index in [1.807, 2.05) is 0 Å². The fraction of sp³-hybridized carbons (Fsp3) is 0.125. The van der Waals surface area contributed by atoms with E-state index < -0.39 is 5.91 Å². The molecular weight excluding hydrogens is 168 g/mol. The molecule has 0 radical (unpaired) electrons. The van der Waals surface area contributed by atoms with Crippen molar-refractivity contribution in [3.63, 3.8) is 0 Å². The number of nitrogens with two attached hydrogens (primary N) is 1. The Bertz CT molecular complexity index is 474. The maximum atomic E-state index is 10.9. The number of primary amides is 1. The van der Waals surface area contributed by atoms with Crippen molar-refractivity contribution in [3.05, 3.63) is 24.2 Å². The maximum Gasteiger partial charge on any atom is 0.269 e. The lowest BCUT2D eigenvalue weighted by atomic mass is 10.2. The average molecular weight is 176 g/mol. The van der Waals surface area contributed by atoms with Crippen LogP contribution < -0.4 is 5.73 Å². The third kappa shape index (κ3) is 1.05. The first-order valence-electron chi connectivity index (χ1n) is 3.76. The monoisotopic (exact) mass is 176 g/mol. The summed E-state index contributed by atoms with van der Waals surface area (Å²) in [6.07, 6.45) is 3.23. The van der Waals surface area contributed by atoms with Crippen molar-refractivity contribution >= 4 is 16.8 Å². The van der Waals surface area contributed by atoms with Crippen molar-refractivity contribution in [2.24, 2.45) is 12.8 Å². The van der Waals surface area contributed by atoms with Gasteiger partial charge in [0.1, 0.15) is 0 Å². The summed E-state index contributed by atoms with van der Waals surface area (Å²) in [5.74, 6) is -0.529. The Kier molecular flexibility index (Phi) is 1.51. The SMILES string of the molecule is Cn1nc(C(N)=O)c2cnccc21. The second-order valence-electron chi connectivity index (χ2n) is 2.73. The summed E-state index contributed by atoms with van der Waals surface area (Å²) in [7, 11) is 1.76. The van der Waals surface area contributed by atoms with Crippen LogP contribution in [0.4, 0.5) is 0 Å². The quantitative estimate of drug-likeness (QED) is 0.668. The number of fused-ring (bicyclic) bond motifs is 1. The van der Waals surface area contributed by atoms with E-state index in [4.69, 9.17) is 5.73 Å². The molecule has 0 saturated heterocycles. The van der Waals surface area contributed by atoms with Crippen LogP contribution in [0.5, 0.6) is 0 Å². The standard InChI is InChI=1S/C8H8N4O/c1-12-6-2-3-10-4-5(6)7(11-12)8(9)13/h2-4H,1H3,(H2,9,13). The molecule has 0 atom stereocenters. The van der Waals surface area contributed by atoms with Gasteiger partial charge in [-0.15, -0.1) is 0 Å². The van der Waals surface area contributed by atoms with Crippen LogP contribution >= 0.6 is 0 Å². The van der Waals surface area contributed by atoms with E-state index in [2.05, 4.69) is 10.1 Å². The molecule has 5 nitrogen and oxygen atoms in total. The van der Waals surface area contributed by atoms with Crippen LogP contribution in [0.3, 0.4) is 0 Å². The van der Waals surface area contributed by atoms with Gasteiger partial charge in [0, 0.05) is 19.4 Å². The molecule has 0 aliphatic carbocycles. The first-order valence-corrected chi connectivity index (χ1v) is 3.76. The van der Waals surface area contributed by atoms with Crippen molar-refractivity contribution in [3.8, 4) is 0 Å². The predicted octanol–water partition coefficient (Wildman–Crippen LogP) is 0.0672. The summed E-state index contributed by atoms with van der Waals surface area (Å²) in [5.41, 5.74) is 6.27. The zero-order valence-electron chi connectivity index (χ0n) is 7.06. The maximum absolute atomic E-state index is 10.9. The molecule has 0 aliphatic rings. The molecule has 66 valence electrons. The number of nitrogens with zero attached hydrogens (tertiary/aromatic N) is 3. The number of hydrogen-bond donors (Lipinski definition) is 1. The number of rotatable bonds is 1. The molecule has 2 aromatic heterocycles. The van der Waals surface area contributed by atoms with Gasteiger partial charge in [-0.1, -0.05) is 0 Å². The van der Waals surface area contributed by atoms with Gasteiger partial charge in [0.15, 0.2) is 5.69 Å². The summed E-state index contributed by atoms with van der Waals surface area (Å²) < 4.78 is 1.61. The minimum Gasteiger partial charge on any atom is -0.364 e. The highest BCUT2D eigenvalue weighted by Crippen LogP contribution is 2.14. The number of amides is 1. The Balaban J connectivity index is 2.85. The fourth-order valence-electron chi connectivity index (χ4n) is 1.29. The third-order valence-corrected chi connectivity index (χ3v) is 1.89. The molecule has 2 aromatic rings. The smallest absolute Gasteiger partial charge is 0.269 e. The minimum absolute atomic E-state index is 0.269. The van der Waals surface area contributed by atoms with Crippen LogP contribution in [0.2, 0.25) is 0 Å². The normalized spacial score (nSPS) is 10.5. The molecule has 13 heavy (non-hydrogen) atoms. The molecule has 0 saturated carbocycles. The Labute approximate surface area is 74.2 Å². The van der Waals surface area contributed by atoms with Gasteiger partial charge in [0.2, 0.25) is 0 Å². The molecule has 0 aliphatic heterocycles. The van der Waals surface area contributed by atoms with Crippen molar-refractivity contribution in [1.82, 2.24) is 14.8 Å². The lowest BCUT2D eigenvalue weighted by Gasteiger charge is -1.89. The number of aryl methyl sites for hydroxylation is 1. The van der Waals surface area contributed by atoms with Crippen LogP contribution in [-0.4, -0.2) is 20.7 Å². The molecular formula is C8H8N4O. The van der Waals surface area contributed by atoms with Crippen molar-refractivity contribution in [2.75, 3.05) is 0 Å². The second kappa shape index (κ2) is 2.55. The van der Waals surface area contributed by atoms with Gasteiger partial charge in [0.25, 0.3) is 5.91 Å². The van der Waals surface area contributed by atoms with Crippen molar-refractivity contribution < 1.29 is 4.79 Å². The molecule has 2 rings (SSSR count). The van der Waals surface area contributed by atoms with Crippen LogP contribution in [0.25, 0.3) is 10.9 Å². The molecule has 0 bridgehead atoms. The molecule has 0 aromatic carbocycles. The van der Waals surface area contributed by atoms with Crippen LogP contribution in [0.15, 0.2) is 18.5 Å². The number of pyridine rings is 1. The number of hydrogen-bond acceptors (Lipinski definition) is 3. The zero-order chi connectivity index (χ0) is 9.42. The highest BCUT2D eigenvalue weighted by Gasteiger charge is 2.12. The van der Waals surface area contributed by atoms with E-state index in [9.17, 15) is 4.79 Å². The Morgan fingerprint density at radius 2 is 2.38 bits per heavy atom. The van der Waals surface area contributed by atoms with E-state index in [1.165, 1.54) is 0 Å². The van der Waals surface area contributed by atoms with Crippen LogP contribution in [0, 0.1) is 0 Å². The number of aromatic nitrogens is 3. The van der Waals surface area contributed by atoms with Gasteiger partial charge in [0.05, 0.1) is 10.9 Å². The Morgan fingerprint density at radius 3 is 3.08 bits per heavy atom. The van der Waals surface area contributed by atoms with Crippen molar-refractivity contribution in [2.45, 2.75) is 0 Å². The van der Waals surface area contributed by atoms with E-state index in [-0.39, 0.29) is 5.69 Å². The van der Waals surface area contributed by atoms with E-state index in [0.29, 0.717) is 5.39 Å². The van der Waals surface area contributed by atoms with Gasteiger partial charge < -0.3 is 5.73 Å². The van der Waals surface area contributed by atoms with E-state index in [0.717, 1.165) is 5.52 Å². The van der Waals surface area contributed by atoms with Gasteiger partial charge in [-0.2, -0.15) is 5.10 Å². The first kappa shape index (κ1) is 7.72. The molecule has 2 heterocycles. The molecule has 0 fully saturated rings. The largest absolute Gasteiger partial charge is 0.364 e. The topological polar surface area (TPSA) is 73.8 Å². The highest BCUT2D eigenvalue weighted by molar-refractivity contribution is 6.03. The third-order valence-electron chi connectivity index (χ3n) is 1.89. The molecule has 5 heteroatoms. The molecule has 0 spiro atoms. The minimum atomic E-state index is -0.529. The lowest BCUT2D eigenvalue weighted by Crippen LogP contribution is -2.12. The second-order valence-corrected chi connectivity index (χ2v) is 2.73. The zero-order valence-corrected chi connectivity index (χ0v) is 7.06. The first-order chi connectivity index (χ1) is 6.20. The van der Waals surface area contributed by atoms with Crippen molar-refractivity contribution in [1.29, 1.82) is 0 Å². The average Bonchev–Trinajstić information content (AvgIpc) is 2.45.